The number of hydrogen-bond acceptors (Lipinski definition) is 4. The highest BCUT2D eigenvalue weighted by Gasteiger charge is 2.30. The smallest absolute Gasteiger partial charge is 0.356 e. The predicted octanol–water partition coefficient (Wildman–Crippen LogP) is 2.87. The lowest BCUT2D eigenvalue weighted by atomic mass is 9.94. The van der Waals surface area contributed by atoms with Crippen molar-refractivity contribution >= 4 is 11.9 Å². The molecule has 2 aromatic carbocycles. The van der Waals surface area contributed by atoms with Gasteiger partial charge in [0.05, 0.1) is 12.3 Å². The van der Waals surface area contributed by atoms with Gasteiger partial charge in [0.1, 0.15) is 11.4 Å². The van der Waals surface area contributed by atoms with Crippen molar-refractivity contribution in [3.63, 3.8) is 0 Å². The third-order valence-corrected chi connectivity index (χ3v) is 4.86. The maximum atomic E-state index is 12.9. The number of carboxylic acids is 1. The molecule has 0 unspecified atom stereocenters. The van der Waals surface area contributed by atoms with Gasteiger partial charge in [0, 0.05) is 23.6 Å². The van der Waals surface area contributed by atoms with Crippen LogP contribution in [-0.2, 0) is 0 Å². The first-order chi connectivity index (χ1) is 13.5. The van der Waals surface area contributed by atoms with Gasteiger partial charge >= 0.3 is 5.97 Å². The molecule has 1 aliphatic rings. The number of aromatic carboxylic acids is 1. The molecule has 1 aromatic heterocycles. The average molecular weight is 377 g/mol. The molecule has 0 saturated carbocycles. The van der Waals surface area contributed by atoms with Crippen molar-refractivity contribution in [2.24, 2.45) is 0 Å². The molecule has 0 spiro atoms. The fourth-order valence-corrected chi connectivity index (χ4v) is 3.40. The van der Waals surface area contributed by atoms with Crippen LogP contribution in [0.25, 0.3) is 5.69 Å². The number of carbonyl (C=O) groups is 2. The van der Waals surface area contributed by atoms with E-state index in [0.29, 0.717) is 12.3 Å². The SMILES string of the molecule is C[C@@H](NC(=O)c1cc(C(=O)O)nn1-c1ccccc1)[C@@H]1COc2ccccc21. The van der Waals surface area contributed by atoms with Gasteiger partial charge in [-0.3, -0.25) is 4.79 Å². The van der Waals surface area contributed by atoms with E-state index >= 15 is 0 Å². The molecule has 2 heterocycles. The van der Waals surface area contributed by atoms with Crippen molar-refractivity contribution < 1.29 is 19.4 Å². The van der Waals surface area contributed by atoms with Gasteiger partial charge in [-0.15, -0.1) is 0 Å². The van der Waals surface area contributed by atoms with E-state index in [4.69, 9.17) is 4.74 Å². The molecule has 142 valence electrons. The molecular formula is C21H19N3O4. The molecule has 0 bridgehead atoms. The quantitative estimate of drug-likeness (QED) is 0.713. The second kappa shape index (κ2) is 7.19. The average Bonchev–Trinajstić information content (AvgIpc) is 3.33. The summed E-state index contributed by atoms with van der Waals surface area (Å²) in [6.45, 7) is 2.40. The number of hydrogen-bond donors (Lipinski definition) is 2. The Morgan fingerprint density at radius 1 is 1.18 bits per heavy atom. The van der Waals surface area contributed by atoms with Crippen LogP contribution in [0, 0.1) is 0 Å². The van der Waals surface area contributed by atoms with E-state index in [0.717, 1.165) is 11.3 Å². The maximum Gasteiger partial charge on any atom is 0.356 e. The summed E-state index contributed by atoms with van der Waals surface area (Å²) in [6.07, 6.45) is 0. The van der Waals surface area contributed by atoms with Crippen molar-refractivity contribution in [3.8, 4) is 11.4 Å². The van der Waals surface area contributed by atoms with E-state index in [-0.39, 0.29) is 29.3 Å². The zero-order valence-corrected chi connectivity index (χ0v) is 15.2. The van der Waals surface area contributed by atoms with Crippen LogP contribution in [0.4, 0.5) is 0 Å². The van der Waals surface area contributed by atoms with Gasteiger partial charge in [-0.2, -0.15) is 5.10 Å². The molecule has 1 amide bonds. The van der Waals surface area contributed by atoms with E-state index in [2.05, 4.69) is 10.4 Å². The number of nitrogens with zero attached hydrogens (tertiary/aromatic N) is 2. The lowest BCUT2D eigenvalue weighted by Crippen LogP contribution is -2.38. The number of carboxylic acid groups (broad SMARTS) is 1. The van der Waals surface area contributed by atoms with Gasteiger partial charge in [0.2, 0.25) is 0 Å². The highest BCUT2D eigenvalue weighted by molar-refractivity contribution is 5.96. The number of aromatic nitrogens is 2. The first kappa shape index (κ1) is 17.8. The van der Waals surface area contributed by atoms with Crippen LogP contribution in [0.15, 0.2) is 60.7 Å². The van der Waals surface area contributed by atoms with Crippen LogP contribution in [0.5, 0.6) is 5.75 Å². The number of carbonyl (C=O) groups excluding carboxylic acids is 1. The molecule has 7 heteroatoms. The molecule has 0 saturated heterocycles. The Hall–Kier alpha value is -3.61. The zero-order valence-electron chi connectivity index (χ0n) is 15.2. The fourth-order valence-electron chi connectivity index (χ4n) is 3.40. The molecule has 2 atom stereocenters. The highest BCUT2D eigenvalue weighted by Crippen LogP contribution is 2.35. The summed E-state index contributed by atoms with van der Waals surface area (Å²) in [7, 11) is 0. The van der Waals surface area contributed by atoms with Gasteiger partial charge in [0.15, 0.2) is 5.69 Å². The van der Waals surface area contributed by atoms with Gasteiger partial charge < -0.3 is 15.2 Å². The molecular weight excluding hydrogens is 358 g/mol. The van der Waals surface area contributed by atoms with Crippen molar-refractivity contribution in [1.82, 2.24) is 15.1 Å². The topological polar surface area (TPSA) is 93.5 Å². The zero-order chi connectivity index (χ0) is 19.7. The minimum atomic E-state index is -1.19. The Morgan fingerprint density at radius 2 is 1.89 bits per heavy atom. The van der Waals surface area contributed by atoms with Gasteiger partial charge in [-0.05, 0) is 25.1 Å². The van der Waals surface area contributed by atoms with E-state index in [1.54, 1.807) is 24.3 Å². The number of benzene rings is 2. The van der Waals surface area contributed by atoms with Crippen LogP contribution in [0.2, 0.25) is 0 Å². The summed E-state index contributed by atoms with van der Waals surface area (Å²) in [6, 6.07) is 17.8. The number of fused-ring (bicyclic) bond motifs is 1. The standard InChI is InChI=1S/C21H19N3O4/c1-13(16-12-28-19-10-6-5-9-15(16)19)22-20(25)18-11-17(21(26)27)23-24(18)14-7-3-2-4-8-14/h2-11,13,16H,12H2,1H3,(H,22,25)(H,26,27)/t13-,16+/m1/s1. The number of rotatable bonds is 5. The Labute approximate surface area is 161 Å². The van der Waals surface area contributed by atoms with Crippen molar-refractivity contribution in [2.75, 3.05) is 6.61 Å². The number of nitrogens with one attached hydrogen (secondary N) is 1. The first-order valence-corrected chi connectivity index (χ1v) is 8.96. The minimum absolute atomic E-state index is 0.0205. The Bertz CT molecular complexity index is 1030. The molecule has 0 radical (unpaired) electrons. The molecule has 0 aliphatic carbocycles. The second-order valence-corrected chi connectivity index (χ2v) is 6.68. The molecule has 28 heavy (non-hydrogen) atoms. The van der Waals surface area contributed by atoms with Crippen molar-refractivity contribution in [2.45, 2.75) is 18.9 Å². The van der Waals surface area contributed by atoms with Crippen molar-refractivity contribution in [3.05, 3.63) is 77.6 Å². The molecule has 3 aromatic rings. The van der Waals surface area contributed by atoms with Crippen LogP contribution in [-0.4, -0.2) is 39.4 Å². The Balaban J connectivity index is 1.61. The molecule has 1 aliphatic heterocycles. The summed E-state index contributed by atoms with van der Waals surface area (Å²) in [5.74, 6) is -0.723. The summed E-state index contributed by atoms with van der Waals surface area (Å²) in [4.78, 5) is 24.3. The third kappa shape index (κ3) is 3.22. The number of ether oxygens (including phenoxy) is 1. The normalized spacial score (nSPS) is 16.1. The summed E-state index contributed by atoms with van der Waals surface area (Å²) in [5.41, 5.74) is 1.65. The molecule has 7 nitrogen and oxygen atoms in total. The van der Waals surface area contributed by atoms with Crippen LogP contribution >= 0.6 is 0 Å². The minimum Gasteiger partial charge on any atom is -0.493 e. The molecule has 4 rings (SSSR count). The van der Waals surface area contributed by atoms with Crippen LogP contribution < -0.4 is 10.1 Å². The highest BCUT2D eigenvalue weighted by atomic mass is 16.5. The first-order valence-electron chi connectivity index (χ1n) is 8.96. The monoisotopic (exact) mass is 377 g/mol. The van der Waals surface area contributed by atoms with Gasteiger partial charge in [0.25, 0.3) is 5.91 Å². The summed E-state index contributed by atoms with van der Waals surface area (Å²) in [5, 5.41) is 16.3. The van der Waals surface area contributed by atoms with Crippen LogP contribution in [0.3, 0.4) is 0 Å². The second-order valence-electron chi connectivity index (χ2n) is 6.68. The van der Waals surface area contributed by atoms with Crippen molar-refractivity contribution in [1.29, 1.82) is 0 Å². The fraction of sp³-hybridized carbons (Fsp3) is 0.190. The number of para-hydroxylation sites is 2. The van der Waals surface area contributed by atoms with E-state index in [9.17, 15) is 14.7 Å². The summed E-state index contributed by atoms with van der Waals surface area (Å²) >= 11 is 0. The summed E-state index contributed by atoms with van der Waals surface area (Å²) < 4.78 is 7.05. The predicted molar refractivity (Wildman–Crippen MR) is 102 cm³/mol. The van der Waals surface area contributed by atoms with E-state index in [1.807, 2.05) is 37.3 Å². The van der Waals surface area contributed by atoms with E-state index < -0.39 is 5.97 Å². The number of amides is 1. The molecule has 0 fully saturated rings. The van der Waals surface area contributed by atoms with E-state index in [1.165, 1.54) is 10.7 Å². The van der Waals surface area contributed by atoms with Gasteiger partial charge in [-0.25, -0.2) is 9.48 Å². The largest absolute Gasteiger partial charge is 0.493 e. The molecule has 2 N–H and O–H groups in total. The maximum absolute atomic E-state index is 12.9. The third-order valence-electron chi connectivity index (χ3n) is 4.86. The Kier molecular flexibility index (Phi) is 4.57. The lowest BCUT2D eigenvalue weighted by Gasteiger charge is -2.20. The Morgan fingerprint density at radius 3 is 2.64 bits per heavy atom. The van der Waals surface area contributed by atoms with Crippen LogP contribution in [0.1, 0.15) is 39.4 Å². The van der Waals surface area contributed by atoms with Gasteiger partial charge in [-0.1, -0.05) is 36.4 Å². The lowest BCUT2D eigenvalue weighted by molar-refractivity contribution is 0.0689.